The fourth-order valence-electron chi connectivity index (χ4n) is 2.21. The molecule has 1 aromatic rings. The first kappa shape index (κ1) is 14.4. The van der Waals surface area contributed by atoms with Crippen LogP contribution in [0.1, 0.15) is 54.3 Å². The Hall–Kier alpha value is -1.97. The second kappa shape index (κ2) is 5.19. The van der Waals surface area contributed by atoms with Crippen LogP contribution in [0.25, 0.3) is 0 Å². The number of carbonyl (C=O) groups excluding carboxylic acids is 3. The number of imide groups is 1. The topological polar surface area (TPSA) is 54.5 Å². The summed E-state index contributed by atoms with van der Waals surface area (Å²) in [5, 5.41) is 0. The molecule has 0 spiro atoms. The molecule has 2 rings (SSSR count). The molecular formula is C16H19NO3. The van der Waals surface area contributed by atoms with Crippen LogP contribution in [0.15, 0.2) is 24.3 Å². The fraction of sp³-hybridized carbons (Fsp3) is 0.438. The van der Waals surface area contributed by atoms with Gasteiger partial charge in [0.15, 0.2) is 0 Å². The molecule has 1 aliphatic rings. The van der Waals surface area contributed by atoms with Gasteiger partial charge in [-0.05, 0) is 18.6 Å². The van der Waals surface area contributed by atoms with E-state index >= 15 is 0 Å². The van der Waals surface area contributed by atoms with Crippen molar-refractivity contribution in [3.8, 4) is 0 Å². The predicted octanol–water partition coefficient (Wildman–Crippen LogP) is 2.68. The zero-order chi connectivity index (χ0) is 14.9. The van der Waals surface area contributed by atoms with Crippen molar-refractivity contribution in [2.24, 2.45) is 5.41 Å². The van der Waals surface area contributed by atoms with Gasteiger partial charge in [-0.25, -0.2) is 0 Å². The van der Waals surface area contributed by atoms with E-state index in [4.69, 9.17) is 0 Å². The van der Waals surface area contributed by atoms with Crippen molar-refractivity contribution >= 4 is 17.6 Å². The number of amides is 2. The van der Waals surface area contributed by atoms with Crippen molar-refractivity contribution in [2.45, 2.75) is 33.6 Å². The maximum Gasteiger partial charge on any atom is 0.261 e. The van der Waals surface area contributed by atoms with Crippen molar-refractivity contribution in [3.63, 3.8) is 0 Å². The van der Waals surface area contributed by atoms with Crippen molar-refractivity contribution < 1.29 is 14.4 Å². The number of hydrogen-bond acceptors (Lipinski definition) is 3. The van der Waals surface area contributed by atoms with Gasteiger partial charge in [0, 0.05) is 18.4 Å². The van der Waals surface area contributed by atoms with Gasteiger partial charge in [0.05, 0.1) is 11.1 Å². The van der Waals surface area contributed by atoms with Crippen LogP contribution in [0.5, 0.6) is 0 Å². The van der Waals surface area contributed by atoms with Gasteiger partial charge in [0.1, 0.15) is 5.78 Å². The highest BCUT2D eigenvalue weighted by molar-refractivity contribution is 6.21. The van der Waals surface area contributed by atoms with E-state index in [2.05, 4.69) is 0 Å². The second-order valence-electron chi connectivity index (χ2n) is 6.08. The van der Waals surface area contributed by atoms with Gasteiger partial charge in [-0.3, -0.25) is 19.3 Å². The van der Waals surface area contributed by atoms with Gasteiger partial charge >= 0.3 is 0 Å². The maximum absolute atomic E-state index is 12.1. The monoisotopic (exact) mass is 273 g/mol. The molecule has 20 heavy (non-hydrogen) atoms. The Kier molecular flexibility index (Phi) is 3.75. The molecule has 0 aliphatic carbocycles. The van der Waals surface area contributed by atoms with E-state index in [1.165, 1.54) is 4.90 Å². The lowest BCUT2D eigenvalue weighted by atomic mass is 9.88. The largest absolute Gasteiger partial charge is 0.299 e. The number of benzene rings is 1. The SMILES string of the molecule is CC(C)(C)C(=O)CCCN1C(=O)c2ccccc2C1=O. The Morgan fingerprint density at radius 3 is 2.00 bits per heavy atom. The molecule has 4 heteroatoms. The molecule has 0 fully saturated rings. The molecule has 0 saturated heterocycles. The third-order valence-corrected chi connectivity index (χ3v) is 3.50. The summed E-state index contributed by atoms with van der Waals surface area (Å²) < 4.78 is 0. The lowest BCUT2D eigenvalue weighted by Crippen LogP contribution is -2.31. The molecule has 1 aromatic carbocycles. The van der Waals surface area contributed by atoms with E-state index in [-0.39, 0.29) is 23.0 Å². The molecular weight excluding hydrogens is 254 g/mol. The van der Waals surface area contributed by atoms with E-state index < -0.39 is 0 Å². The molecule has 0 aromatic heterocycles. The third kappa shape index (κ3) is 2.64. The average molecular weight is 273 g/mol. The summed E-state index contributed by atoms with van der Waals surface area (Å²) in [6.07, 6.45) is 0.901. The van der Waals surface area contributed by atoms with Gasteiger partial charge in [-0.15, -0.1) is 0 Å². The van der Waals surface area contributed by atoms with E-state index in [1.807, 2.05) is 20.8 Å². The zero-order valence-corrected chi connectivity index (χ0v) is 12.1. The minimum Gasteiger partial charge on any atom is -0.299 e. The normalized spacial score (nSPS) is 14.7. The number of fused-ring (bicyclic) bond motifs is 1. The number of nitrogens with zero attached hydrogens (tertiary/aromatic N) is 1. The van der Waals surface area contributed by atoms with Crippen LogP contribution in [0, 0.1) is 5.41 Å². The molecule has 0 N–H and O–H groups in total. The number of carbonyl (C=O) groups is 3. The van der Waals surface area contributed by atoms with Crippen LogP contribution in [-0.4, -0.2) is 29.0 Å². The van der Waals surface area contributed by atoms with Crippen LogP contribution in [0.4, 0.5) is 0 Å². The predicted molar refractivity (Wildman–Crippen MR) is 75.5 cm³/mol. The Morgan fingerprint density at radius 2 is 1.55 bits per heavy atom. The first-order chi connectivity index (χ1) is 9.32. The fourth-order valence-corrected chi connectivity index (χ4v) is 2.21. The minimum absolute atomic E-state index is 0.147. The smallest absolute Gasteiger partial charge is 0.261 e. The molecule has 0 bridgehead atoms. The van der Waals surface area contributed by atoms with Gasteiger partial charge in [-0.1, -0.05) is 32.9 Å². The third-order valence-electron chi connectivity index (χ3n) is 3.50. The minimum atomic E-state index is -0.373. The molecule has 1 aliphatic heterocycles. The Balaban J connectivity index is 1.98. The number of ketones is 1. The first-order valence-electron chi connectivity index (χ1n) is 6.81. The lowest BCUT2D eigenvalue weighted by molar-refractivity contribution is -0.126. The number of rotatable bonds is 4. The second-order valence-corrected chi connectivity index (χ2v) is 6.08. The van der Waals surface area contributed by atoms with Crippen LogP contribution in [0.3, 0.4) is 0 Å². The summed E-state index contributed by atoms with van der Waals surface area (Å²) in [5.74, 6) is -0.364. The summed E-state index contributed by atoms with van der Waals surface area (Å²) in [4.78, 5) is 37.3. The van der Waals surface area contributed by atoms with Gasteiger partial charge in [0.25, 0.3) is 11.8 Å². The quantitative estimate of drug-likeness (QED) is 0.792. The van der Waals surface area contributed by atoms with Gasteiger partial charge in [0.2, 0.25) is 0 Å². The van der Waals surface area contributed by atoms with Crippen molar-refractivity contribution in [1.82, 2.24) is 4.90 Å². The highest BCUT2D eigenvalue weighted by Crippen LogP contribution is 2.23. The lowest BCUT2D eigenvalue weighted by Gasteiger charge is -2.18. The summed E-state index contributed by atoms with van der Waals surface area (Å²) in [7, 11) is 0. The van der Waals surface area contributed by atoms with Crippen molar-refractivity contribution in [1.29, 1.82) is 0 Å². The van der Waals surface area contributed by atoms with Crippen LogP contribution in [0.2, 0.25) is 0 Å². The van der Waals surface area contributed by atoms with Crippen LogP contribution in [-0.2, 0) is 4.79 Å². The molecule has 1 heterocycles. The van der Waals surface area contributed by atoms with Gasteiger partial charge < -0.3 is 0 Å². The summed E-state index contributed by atoms with van der Waals surface area (Å²) in [6, 6.07) is 6.82. The van der Waals surface area contributed by atoms with Crippen molar-refractivity contribution in [3.05, 3.63) is 35.4 Å². The van der Waals surface area contributed by atoms with E-state index in [0.717, 1.165) is 0 Å². The van der Waals surface area contributed by atoms with Crippen LogP contribution < -0.4 is 0 Å². The first-order valence-corrected chi connectivity index (χ1v) is 6.81. The molecule has 0 radical (unpaired) electrons. The van der Waals surface area contributed by atoms with Crippen LogP contribution >= 0.6 is 0 Å². The zero-order valence-electron chi connectivity index (χ0n) is 12.1. The Labute approximate surface area is 118 Å². The number of hydrogen-bond donors (Lipinski definition) is 0. The van der Waals surface area contributed by atoms with E-state index in [1.54, 1.807) is 24.3 Å². The van der Waals surface area contributed by atoms with E-state index in [0.29, 0.717) is 30.5 Å². The highest BCUT2D eigenvalue weighted by atomic mass is 16.2. The molecule has 2 amide bonds. The van der Waals surface area contributed by atoms with E-state index in [9.17, 15) is 14.4 Å². The summed E-state index contributed by atoms with van der Waals surface area (Å²) in [5.41, 5.74) is 0.543. The Morgan fingerprint density at radius 1 is 1.05 bits per heavy atom. The number of Topliss-reactive ketones (excluding diaryl/α,β-unsaturated/α-hetero) is 1. The maximum atomic E-state index is 12.1. The van der Waals surface area contributed by atoms with Gasteiger partial charge in [-0.2, -0.15) is 0 Å². The average Bonchev–Trinajstić information content (AvgIpc) is 2.63. The molecule has 0 saturated carbocycles. The standard InChI is InChI=1S/C16H19NO3/c1-16(2,3)13(18)9-6-10-17-14(19)11-7-4-5-8-12(11)15(17)20/h4-5,7-8H,6,9-10H2,1-3H3. The summed E-state index contributed by atoms with van der Waals surface area (Å²) >= 11 is 0. The molecule has 4 nitrogen and oxygen atoms in total. The highest BCUT2D eigenvalue weighted by Gasteiger charge is 2.34. The van der Waals surface area contributed by atoms with Crippen molar-refractivity contribution in [2.75, 3.05) is 6.54 Å². The molecule has 106 valence electrons. The Bertz CT molecular complexity index is 534. The summed E-state index contributed by atoms with van der Waals surface area (Å²) in [6.45, 7) is 5.92. The molecule has 0 unspecified atom stereocenters. The molecule has 0 atom stereocenters.